The Kier molecular flexibility index (Phi) is 5.52. The van der Waals surface area contributed by atoms with Gasteiger partial charge in [-0.15, -0.1) is 0 Å². The molecule has 6 heteroatoms. The van der Waals surface area contributed by atoms with Gasteiger partial charge in [-0.25, -0.2) is 0 Å². The highest BCUT2D eigenvalue weighted by Crippen LogP contribution is 2.12. The fourth-order valence-electron chi connectivity index (χ4n) is 2.31. The first kappa shape index (κ1) is 16.0. The number of amides is 3. The van der Waals surface area contributed by atoms with Crippen molar-refractivity contribution in [2.45, 2.75) is 25.7 Å². The van der Waals surface area contributed by atoms with Crippen LogP contribution >= 0.6 is 0 Å². The van der Waals surface area contributed by atoms with Gasteiger partial charge in [-0.1, -0.05) is 12.1 Å². The van der Waals surface area contributed by atoms with Crippen molar-refractivity contribution in [3.8, 4) is 5.75 Å². The summed E-state index contributed by atoms with van der Waals surface area (Å²) < 4.78 is 5.08. The Balaban J connectivity index is 1.67. The number of nitrogens with zero attached hydrogens (tertiary/aromatic N) is 1. The Morgan fingerprint density at radius 1 is 1.18 bits per heavy atom. The summed E-state index contributed by atoms with van der Waals surface area (Å²) in [5.41, 5.74) is 1.10. The van der Waals surface area contributed by atoms with Gasteiger partial charge in [0.05, 0.1) is 7.11 Å². The van der Waals surface area contributed by atoms with Crippen LogP contribution in [0.3, 0.4) is 0 Å². The van der Waals surface area contributed by atoms with Crippen LogP contribution in [-0.2, 0) is 20.8 Å². The van der Waals surface area contributed by atoms with Gasteiger partial charge in [0.25, 0.3) is 0 Å². The highest BCUT2D eigenvalue weighted by atomic mass is 16.5. The molecule has 0 aliphatic carbocycles. The van der Waals surface area contributed by atoms with Crippen LogP contribution in [0, 0.1) is 0 Å². The summed E-state index contributed by atoms with van der Waals surface area (Å²) >= 11 is 0. The number of carbonyl (C=O) groups is 3. The number of imide groups is 1. The SMILES string of the molecule is COc1ccc(CCNC(=O)CCN2C(=O)CCC2=O)cc1. The molecule has 0 saturated carbocycles. The second-order valence-electron chi connectivity index (χ2n) is 5.14. The third kappa shape index (κ3) is 4.31. The van der Waals surface area contributed by atoms with Gasteiger partial charge < -0.3 is 10.1 Å². The third-order valence-electron chi connectivity index (χ3n) is 3.61. The van der Waals surface area contributed by atoms with Gasteiger partial charge in [-0.3, -0.25) is 19.3 Å². The summed E-state index contributed by atoms with van der Waals surface area (Å²) in [5.74, 6) is 0.279. The number of hydrogen-bond acceptors (Lipinski definition) is 4. The van der Waals surface area contributed by atoms with Crippen LogP contribution in [-0.4, -0.2) is 42.8 Å². The van der Waals surface area contributed by atoms with Gasteiger partial charge in [0.15, 0.2) is 0 Å². The summed E-state index contributed by atoms with van der Waals surface area (Å²) in [6, 6.07) is 7.66. The average Bonchev–Trinajstić information content (AvgIpc) is 2.84. The Morgan fingerprint density at radius 3 is 2.41 bits per heavy atom. The van der Waals surface area contributed by atoms with Gasteiger partial charge >= 0.3 is 0 Å². The molecule has 6 nitrogen and oxygen atoms in total. The molecular weight excluding hydrogens is 284 g/mol. The highest BCUT2D eigenvalue weighted by Gasteiger charge is 2.28. The Hall–Kier alpha value is -2.37. The van der Waals surface area contributed by atoms with E-state index >= 15 is 0 Å². The van der Waals surface area contributed by atoms with Gasteiger partial charge in [-0.05, 0) is 24.1 Å². The van der Waals surface area contributed by atoms with Crippen molar-refractivity contribution >= 4 is 17.7 Å². The first-order valence-corrected chi connectivity index (χ1v) is 7.33. The molecule has 0 bridgehead atoms. The van der Waals surface area contributed by atoms with Crippen LogP contribution in [0.1, 0.15) is 24.8 Å². The van der Waals surface area contributed by atoms with Crippen molar-refractivity contribution in [1.29, 1.82) is 0 Å². The second-order valence-corrected chi connectivity index (χ2v) is 5.14. The maximum atomic E-state index is 11.7. The van der Waals surface area contributed by atoms with E-state index in [2.05, 4.69) is 5.32 Å². The quantitative estimate of drug-likeness (QED) is 0.759. The molecule has 1 aromatic carbocycles. The summed E-state index contributed by atoms with van der Waals surface area (Å²) in [4.78, 5) is 35.7. The minimum Gasteiger partial charge on any atom is -0.497 e. The van der Waals surface area contributed by atoms with Crippen molar-refractivity contribution in [2.75, 3.05) is 20.2 Å². The monoisotopic (exact) mass is 304 g/mol. The smallest absolute Gasteiger partial charge is 0.229 e. The van der Waals surface area contributed by atoms with E-state index < -0.39 is 0 Å². The molecule has 3 amide bonds. The minimum atomic E-state index is -0.184. The first-order chi connectivity index (χ1) is 10.6. The topological polar surface area (TPSA) is 75.7 Å². The number of likely N-dealkylation sites (tertiary alicyclic amines) is 1. The van der Waals surface area contributed by atoms with Crippen molar-refractivity contribution in [2.24, 2.45) is 0 Å². The van der Waals surface area contributed by atoms with Crippen molar-refractivity contribution in [3.63, 3.8) is 0 Å². The van der Waals surface area contributed by atoms with E-state index in [1.54, 1.807) is 7.11 Å². The van der Waals surface area contributed by atoms with Crippen LogP contribution in [0.25, 0.3) is 0 Å². The molecule has 1 heterocycles. The molecule has 2 rings (SSSR count). The minimum absolute atomic E-state index is 0.152. The molecule has 1 N–H and O–H groups in total. The van der Waals surface area contributed by atoms with Crippen molar-refractivity contribution < 1.29 is 19.1 Å². The van der Waals surface area contributed by atoms with E-state index in [4.69, 9.17) is 4.74 Å². The molecule has 1 aromatic rings. The molecule has 118 valence electrons. The van der Waals surface area contributed by atoms with Crippen molar-refractivity contribution in [1.82, 2.24) is 10.2 Å². The number of methoxy groups -OCH3 is 1. The van der Waals surface area contributed by atoms with E-state index in [1.165, 1.54) is 4.90 Å². The largest absolute Gasteiger partial charge is 0.497 e. The zero-order valence-electron chi connectivity index (χ0n) is 12.6. The predicted octanol–water partition coefficient (Wildman–Crippen LogP) is 0.893. The first-order valence-electron chi connectivity index (χ1n) is 7.33. The predicted molar refractivity (Wildman–Crippen MR) is 80.3 cm³/mol. The summed E-state index contributed by atoms with van der Waals surface area (Å²) in [7, 11) is 1.62. The van der Waals surface area contributed by atoms with Crippen LogP contribution in [0.5, 0.6) is 5.75 Å². The molecule has 0 atom stereocenters. The zero-order chi connectivity index (χ0) is 15.9. The van der Waals surface area contributed by atoms with Gasteiger partial charge in [0, 0.05) is 32.4 Å². The molecule has 1 aliphatic rings. The number of carbonyl (C=O) groups excluding carboxylic acids is 3. The van der Waals surface area contributed by atoms with E-state index in [1.807, 2.05) is 24.3 Å². The van der Waals surface area contributed by atoms with Gasteiger partial charge in [-0.2, -0.15) is 0 Å². The lowest BCUT2D eigenvalue weighted by atomic mass is 10.1. The molecule has 0 unspecified atom stereocenters. The second kappa shape index (κ2) is 7.59. The van der Waals surface area contributed by atoms with Gasteiger partial charge in [0.1, 0.15) is 5.75 Å². The van der Waals surface area contributed by atoms with Crippen LogP contribution in [0.15, 0.2) is 24.3 Å². The van der Waals surface area contributed by atoms with E-state index in [9.17, 15) is 14.4 Å². The van der Waals surface area contributed by atoms with Crippen molar-refractivity contribution in [3.05, 3.63) is 29.8 Å². The number of benzene rings is 1. The summed E-state index contributed by atoms with van der Waals surface area (Å²) in [6.07, 6.45) is 1.40. The molecular formula is C16H20N2O4. The van der Waals surface area contributed by atoms with Crippen LogP contribution in [0.4, 0.5) is 0 Å². The van der Waals surface area contributed by atoms with Crippen LogP contribution < -0.4 is 10.1 Å². The number of rotatable bonds is 7. The van der Waals surface area contributed by atoms with Gasteiger partial charge in [0.2, 0.25) is 17.7 Å². The number of ether oxygens (including phenoxy) is 1. The lowest BCUT2D eigenvalue weighted by molar-refractivity contribution is -0.138. The zero-order valence-corrected chi connectivity index (χ0v) is 12.6. The molecule has 1 saturated heterocycles. The van der Waals surface area contributed by atoms with E-state index in [0.717, 1.165) is 17.7 Å². The van der Waals surface area contributed by atoms with Crippen LogP contribution in [0.2, 0.25) is 0 Å². The fourth-order valence-corrected chi connectivity index (χ4v) is 2.31. The fraction of sp³-hybridized carbons (Fsp3) is 0.438. The molecule has 1 fully saturated rings. The maximum Gasteiger partial charge on any atom is 0.229 e. The molecule has 0 aromatic heterocycles. The Bertz CT molecular complexity index is 538. The standard InChI is InChI=1S/C16H20N2O4/c1-22-13-4-2-12(3-5-13)8-10-17-14(19)9-11-18-15(20)6-7-16(18)21/h2-5H,6-11H2,1H3,(H,17,19). The lowest BCUT2D eigenvalue weighted by Gasteiger charge is -2.13. The summed E-state index contributed by atoms with van der Waals surface area (Å²) in [5, 5.41) is 2.79. The number of nitrogens with one attached hydrogen (secondary N) is 1. The molecule has 0 radical (unpaired) electrons. The third-order valence-corrected chi connectivity index (χ3v) is 3.61. The Morgan fingerprint density at radius 2 is 1.82 bits per heavy atom. The number of hydrogen-bond donors (Lipinski definition) is 1. The Labute approximate surface area is 129 Å². The normalized spacial score (nSPS) is 14.3. The maximum absolute atomic E-state index is 11.7. The lowest BCUT2D eigenvalue weighted by Crippen LogP contribution is -2.34. The summed E-state index contributed by atoms with van der Waals surface area (Å²) in [6.45, 7) is 0.694. The highest BCUT2D eigenvalue weighted by molar-refractivity contribution is 6.02. The van der Waals surface area contributed by atoms with E-state index in [-0.39, 0.29) is 43.5 Å². The molecule has 0 spiro atoms. The van der Waals surface area contributed by atoms with E-state index in [0.29, 0.717) is 6.54 Å². The average molecular weight is 304 g/mol. The molecule has 22 heavy (non-hydrogen) atoms. The molecule has 1 aliphatic heterocycles.